The van der Waals surface area contributed by atoms with Crippen LogP contribution in [0.2, 0.25) is 0 Å². The minimum atomic E-state index is -1.31. The third-order valence-electron chi connectivity index (χ3n) is 11.2. The molecule has 10 nitrogen and oxygen atoms in total. The van der Waals surface area contributed by atoms with E-state index >= 15 is 0 Å². The van der Waals surface area contributed by atoms with Gasteiger partial charge in [0.15, 0.2) is 23.4 Å². The molecular formula is C36H46N4O6. The molecule has 5 atom stereocenters. The summed E-state index contributed by atoms with van der Waals surface area (Å²) in [5.41, 5.74) is -0.525. The fourth-order valence-electron chi connectivity index (χ4n) is 8.54. The normalized spacial score (nSPS) is 31.1. The SMILES string of the molecule is C/C(C(=O)NC(C)(C)C1ON=C(c2ccccc2)N1C)=C(/O)[C@@H]1Oc2c(O)ccc3c2[C@@]12CCCCN(CC1CC1)[C@H](C3)[C@@]2(C)O. The van der Waals surface area contributed by atoms with Gasteiger partial charge in [0, 0.05) is 30.8 Å². The van der Waals surface area contributed by atoms with Crippen molar-refractivity contribution >= 4 is 11.7 Å². The Morgan fingerprint density at radius 1 is 1.15 bits per heavy atom. The Kier molecular flexibility index (Phi) is 7.32. The average molecular weight is 631 g/mol. The molecule has 246 valence electrons. The molecule has 2 aliphatic carbocycles. The number of oxime groups is 1. The van der Waals surface area contributed by atoms with Crippen LogP contribution in [0.15, 0.2) is 59.0 Å². The van der Waals surface area contributed by atoms with E-state index in [1.807, 2.05) is 69.1 Å². The molecule has 2 aromatic rings. The van der Waals surface area contributed by atoms with Gasteiger partial charge in [-0.1, -0.05) is 48.0 Å². The standard InChI is InChI=1S/C36H46N4O6/c1-21(32(43)37-34(2,3)33-39(5)31(38-46-33)23-11-7-6-8-12-23)28(42)30-36-17-9-10-18-40(20-22-13-14-22)26(35(36,4)44)19-24-15-16-25(41)29(45-30)27(24)36/h6-8,11-12,15-16,22,26,30,33,41-42,44H,9-10,13-14,17-20H2,1-5H3,(H,37,43)/b28-21-/t26-,30+,33?,35-,36+/m1/s1. The zero-order chi connectivity index (χ0) is 32.6. The first-order chi connectivity index (χ1) is 21.9. The second-order valence-electron chi connectivity index (χ2n) is 14.7. The number of nitrogens with one attached hydrogen (secondary N) is 1. The molecular weight excluding hydrogens is 584 g/mol. The van der Waals surface area contributed by atoms with Crippen molar-refractivity contribution in [2.24, 2.45) is 11.1 Å². The molecule has 1 amide bonds. The van der Waals surface area contributed by atoms with Crippen molar-refractivity contribution in [3.63, 3.8) is 0 Å². The highest BCUT2D eigenvalue weighted by molar-refractivity contribution is 5.99. The Balaban J connectivity index is 1.21. The Labute approximate surface area is 270 Å². The van der Waals surface area contributed by atoms with Crippen LogP contribution in [0.3, 0.4) is 0 Å². The molecule has 0 aromatic heterocycles. The van der Waals surface area contributed by atoms with Gasteiger partial charge in [-0.3, -0.25) is 9.69 Å². The van der Waals surface area contributed by atoms with Gasteiger partial charge in [0.05, 0.1) is 22.1 Å². The quantitative estimate of drug-likeness (QED) is 0.263. The minimum Gasteiger partial charge on any atom is -0.508 e. The smallest absolute Gasteiger partial charge is 0.251 e. The van der Waals surface area contributed by atoms with Crippen molar-refractivity contribution < 1.29 is 29.7 Å². The number of phenols is 1. The van der Waals surface area contributed by atoms with Gasteiger partial charge in [0.1, 0.15) is 5.76 Å². The van der Waals surface area contributed by atoms with Gasteiger partial charge in [-0.25, -0.2) is 0 Å². The van der Waals surface area contributed by atoms with E-state index in [4.69, 9.17) is 9.57 Å². The number of aromatic hydroxyl groups is 1. The van der Waals surface area contributed by atoms with Gasteiger partial charge < -0.3 is 35.1 Å². The predicted molar refractivity (Wildman–Crippen MR) is 174 cm³/mol. The Morgan fingerprint density at radius 2 is 1.89 bits per heavy atom. The lowest BCUT2D eigenvalue weighted by Gasteiger charge is -2.57. The summed E-state index contributed by atoms with van der Waals surface area (Å²) in [6, 6.07) is 13.1. The Morgan fingerprint density at radius 3 is 2.61 bits per heavy atom. The Bertz CT molecular complexity index is 1600. The van der Waals surface area contributed by atoms with Crippen molar-refractivity contribution in [1.29, 1.82) is 0 Å². The number of amidine groups is 1. The van der Waals surface area contributed by atoms with Gasteiger partial charge in [0.25, 0.3) is 5.91 Å². The summed E-state index contributed by atoms with van der Waals surface area (Å²) < 4.78 is 6.47. The second-order valence-corrected chi connectivity index (χ2v) is 14.7. The van der Waals surface area contributed by atoms with Crippen LogP contribution >= 0.6 is 0 Å². The maximum atomic E-state index is 13.9. The highest BCUT2D eigenvalue weighted by Gasteiger charge is 2.68. The first-order valence-corrected chi connectivity index (χ1v) is 16.6. The van der Waals surface area contributed by atoms with Crippen LogP contribution < -0.4 is 10.1 Å². The van der Waals surface area contributed by atoms with Crippen LogP contribution in [-0.2, 0) is 21.5 Å². The van der Waals surface area contributed by atoms with E-state index in [-0.39, 0.29) is 23.1 Å². The minimum absolute atomic E-state index is 0.0292. The second kappa shape index (κ2) is 10.9. The molecule has 3 aliphatic heterocycles. The number of carbonyl (C=O) groups is 1. The van der Waals surface area contributed by atoms with Gasteiger partial charge in [-0.2, -0.15) is 0 Å². The summed E-state index contributed by atoms with van der Waals surface area (Å²) in [4.78, 5) is 24.1. The lowest BCUT2D eigenvalue weighted by molar-refractivity contribution is -0.133. The van der Waals surface area contributed by atoms with Gasteiger partial charge in [-0.15, -0.1) is 0 Å². The molecule has 3 heterocycles. The van der Waals surface area contributed by atoms with E-state index in [0.717, 1.165) is 42.6 Å². The lowest BCUT2D eigenvalue weighted by Crippen LogP contribution is -2.69. The largest absolute Gasteiger partial charge is 0.508 e. The molecule has 2 bridgehead atoms. The van der Waals surface area contributed by atoms with E-state index < -0.39 is 34.8 Å². The van der Waals surface area contributed by atoms with Gasteiger partial charge in [-0.05, 0) is 83.9 Å². The molecule has 7 rings (SSSR count). The predicted octanol–water partition coefficient (Wildman–Crippen LogP) is 4.34. The molecule has 0 radical (unpaired) electrons. The van der Waals surface area contributed by atoms with Crippen LogP contribution in [0.25, 0.3) is 0 Å². The molecule has 2 aromatic carbocycles. The lowest BCUT2D eigenvalue weighted by atomic mass is 9.54. The summed E-state index contributed by atoms with van der Waals surface area (Å²) in [5.74, 6) is 0.844. The number of hydrogen-bond donors (Lipinski definition) is 4. The fraction of sp³-hybridized carbons (Fsp3) is 0.556. The number of likely N-dealkylation sites (N-methyl/N-ethyl adjacent to an activating group) is 1. The Hall–Kier alpha value is -3.76. The van der Waals surface area contributed by atoms with Crippen LogP contribution in [0, 0.1) is 5.92 Å². The molecule has 1 saturated heterocycles. The number of carbonyl (C=O) groups excluding carboxylic acids is 1. The molecule has 5 aliphatic rings. The zero-order valence-corrected chi connectivity index (χ0v) is 27.4. The number of likely N-dealkylation sites (tertiary alicyclic amines) is 1. The van der Waals surface area contributed by atoms with E-state index in [1.54, 1.807) is 13.0 Å². The van der Waals surface area contributed by atoms with Gasteiger partial charge >= 0.3 is 0 Å². The number of benzene rings is 2. The number of rotatable bonds is 7. The molecule has 1 spiro atoms. The van der Waals surface area contributed by atoms with E-state index in [1.165, 1.54) is 12.8 Å². The first kappa shape index (κ1) is 30.9. The van der Waals surface area contributed by atoms with Crippen LogP contribution in [-0.4, -0.2) is 86.5 Å². The summed E-state index contributed by atoms with van der Waals surface area (Å²) in [6.07, 6.45) is 3.71. The van der Waals surface area contributed by atoms with Crippen molar-refractivity contribution in [3.05, 3.63) is 70.5 Å². The number of nitrogens with zero attached hydrogens (tertiary/aromatic N) is 3. The topological polar surface area (TPSA) is 127 Å². The fourth-order valence-corrected chi connectivity index (χ4v) is 8.54. The summed E-state index contributed by atoms with van der Waals surface area (Å²) in [6.45, 7) is 8.99. The van der Waals surface area contributed by atoms with E-state index in [0.29, 0.717) is 30.3 Å². The van der Waals surface area contributed by atoms with Crippen molar-refractivity contribution in [1.82, 2.24) is 15.1 Å². The van der Waals surface area contributed by atoms with E-state index in [2.05, 4.69) is 15.4 Å². The summed E-state index contributed by atoms with van der Waals surface area (Å²) in [7, 11) is 1.87. The highest BCUT2D eigenvalue weighted by atomic mass is 16.7. The third-order valence-corrected chi connectivity index (χ3v) is 11.2. The molecule has 10 heteroatoms. The number of fused-ring (bicyclic) bond motifs is 1. The van der Waals surface area contributed by atoms with Crippen LogP contribution in [0.5, 0.6) is 11.5 Å². The number of ether oxygens (including phenoxy) is 1. The maximum Gasteiger partial charge on any atom is 0.251 e. The first-order valence-electron chi connectivity index (χ1n) is 16.6. The number of amides is 1. The summed E-state index contributed by atoms with van der Waals surface area (Å²) in [5, 5.41) is 43.1. The van der Waals surface area contributed by atoms with Crippen molar-refractivity contribution in [3.8, 4) is 11.5 Å². The van der Waals surface area contributed by atoms with Crippen molar-refractivity contribution in [2.45, 2.75) is 101 Å². The maximum absolute atomic E-state index is 13.9. The zero-order valence-electron chi connectivity index (χ0n) is 27.4. The van der Waals surface area contributed by atoms with Crippen LogP contribution in [0.4, 0.5) is 0 Å². The molecule has 2 fully saturated rings. The average Bonchev–Trinajstić information content (AvgIpc) is 3.63. The monoisotopic (exact) mass is 630 g/mol. The number of aliphatic hydroxyl groups excluding tert-OH is 1. The summed E-state index contributed by atoms with van der Waals surface area (Å²) >= 11 is 0. The van der Waals surface area contributed by atoms with Crippen LogP contribution in [0.1, 0.15) is 76.5 Å². The van der Waals surface area contributed by atoms with Gasteiger partial charge in [0.2, 0.25) is 6.23 Å². The van der Waals surface area contributed by atoms with E-state index in [9.17, 15) is 20.1 Å². The molecule has 1 unspecified atom stereocenters. The highest BCUT2D eigenvalue weighted by Crippen LogP contribution is 2.62. The van der Waals surface area contributed by atoms with Crippen molar-refractivity contribution in [2.75, 3.05) is 20.1 Å². The molecule has 1 saturated carbocycles. The molecule has 46 heavy (non-hydrogen) atoms. The number of hydrogen-bond acceptors (Lipinski definition) is 9. The third kappa shape index (κ3) is 4.67. The molecule has 4 N–H and O–H groups in total. The number of aliphatic hydroxyl groups is 2. The number of phenolic OH excluding ortho intramolecular Hbond substituents is 1.